The highest BCUT2D eigenvalue weighted by Crippen LogP contribution is 2.43. The fourth-order valence-corrected chi connectivity index (χ4v) is 0.332. The van der Waals surface area contributed by atoms with E-state index in [1.807, 2.05) is 0 Å². The number of hydrogen-bond acceptors (Lipinski definition) is 3. The van der Waals surface area contributed by atoms with Crippen LogP contribution in [0.2, 0.25) is 0 Å². The van der Waals surface area contributed by atoms with E-state index in [-0.39, 0.29) is 0 Å². The molecule has 0 amide bonds. The van der Waals surface area contributed by atoms with Crippen molar-refractivity contribution in [3.8, 4) is 0 Å². The fourth-order valence-electron chi connectivity index (χ4n) is 0.332. The van der Waals surface area contributed by atoms with Crippen molar-refractivity contribution in [3.05, 3.63) is 0 Å². The van der Waals surface area contributed by atoms with Gasteiger partial charge in [-0.25, -0.2) is 4.57 Å². The third-order valence-corrected chi connectivity index (χ3v) is 0.678. The van der Waals surface area contributed by atoms with Gasteiger partial charge in [-0.3, -0.25) is 4.89 Å². The molecule has 0 aliphatic heterocycles. The molecule has 0 aliphatic carbocycles. The first-order chi connectivity index (χ1) is 5.95. The lowest BCUT2D eigenvalue weighted by Gasteiger charge is -2.08. The van der Waals surface area contributed by atoms with Crippen molar-refractivity contribution in [2.45, 2.75) is 18.7 Å². The van der Waals surface area contributed by atoms with E-state index >= 15 is 0 Å². The van der Waals surface area contributed by atoms with Crippen molar-refractivity contribution in [1.82, 2.24) is 0 Å². The third kappa shape index (κ3) is 29.8. The Morgan fingerprint density at radius 3 is 1.64 bits per heavy atom. The molecule has 1 unspecified atom stereocenters. The van der Waals surface area contributed by atoms with E-state index in [0.29, 0.717) is 0 Å². The first kappa shape index (κ1) is 16.2. The Balaban J connectivity index is 0. The van der Waals surface area contributed by atoms with Crippen LogP contribution in [0.3, 0.4) is 0 Å². The van der Waals surface area contributed by atoms with Crippen LogP contribution in [-0.2, 0) is 4.57 Å². The monoisotopic (exact) mass is 246 g/mol. The third-order valence-electron chi connectivity index (χ3n) is 0.678. The van der Waals surface area contributed by atoms with Gasteiger partial charge in [0, 0.05) is 0 Å². The summed E-state index contributed by atoms with van der Waals surface area (Å²) in [6, 6.07) is 0. The van der Waals surface area contributed by atoms with E-state index in [2.05, 4.69) is 0 Å². The van der Waals surface area contributed by atoms with Gasteiger partial charge in [-0.15, -0.1) is 8.39 Å². The highest BCUT2D eigenvalue weighted by molar-refractivity contribution is 7.46. The molecule has 0 bridgehead atoms. The minimum atomic E-state index is -5.64. The Bertz CT molecular complexity index is 180. The Morgan fingerprint density at radius 1 is 1.29 bits per heavy atom. The average molecular weight is 246 g/mol. The summed E-state index contributed by atoms with van der Waals surface area (Å²) in [5, 5.41) is 16.2. The molecule has 0 aromatic carbocycles. The van der Waals surface area contributed by atoms with Gasteiger partial charge < -0.3 is 10.2 Å². The second kappa shape index (κ2) is 6.28. The van der Waals surface area contributed by atoms with Crippen LogP contribution < -0.4 is 0 Å². The first-order valence-electron chi connectivity index (χ1n) is 3.03. The van der Waals surface area contributed by atoms with Gasteiger partial charge in [0.1, 0.15) is 0 Å². The van der Waals surface area contributed by atoms with E-state index in [1.165, 1.54) is 0 Å². The molecule has 0 aliphatic rings. The van der Waals surface area contributed by atoms with Crippen LogP contribution in [0.15, 0.2) is 0 Å². The van der Waals surface area contributed by atoms with Crippen molar-refractivity contribution >= 4 is 7.99 Å². The van der Waals surface area contributed by atoms with Gasteiger partial charge in [0.2, 0.25) is 0 Å². The quantitative estimate of drug-likeness (QED) is 0.507. The van der Waals surface area contributed by atoms with Crippen molar-refractivity contribution in [1.29, 1.82) is 0 Å². The summed E-state index contributed by atoms with van der Waals surface area (Å²) < 4.78 is 62.4. The molecular weight excluding hydrogens is 238 g/mol. The van der Waals surface area contributed by atoms with E-state index in [1.54, 1.807) is 0 Å². The summed E-state index contributed by atoms with van der Waals surface area (Å²) in [5.74, 6) is 0. The van der Waals surface area contributed by atoms with Gasteiger partial charge in [0.05, 0.1) is 19.1 Å². The summed E-state index contributed by atoms with van der Waals surface area (Å²) in [4.78, 5) is 6.74. The lowest BCUT2D eigenvalue weighted by Crippen LogP contribution is -2.21. The summed E-state index contributed by atoms with van der Waals surface area (Å²) in [6.45, 7) is -0.848. The molecular formula is C4H8F5O4P. The highest BCUT2D eigenvalue weighted by atomic mass is 31.2. The molecule has 88 valence electrons. The number of rotatable bonds is 2. The van der Waals surface area contributed by atoms with E-state index in [4.69, 9.17) is 19.7 Å². The van der Waals surface area contributed by atoms with E-state index in [0.717, 1.165) is 0 Å². The molecule has 3 N–H and O–H groups in total. The maximum absolute atomic E-state index is 11.2. The lowest BCUT2D eigenvalue weighted by atomic mass is 10.3. The molecule has 4 nitrogen and oxygen atoms in total. The van der Waals surface area contributed by atoms with Crippen LogP contribution in [0.5, 0.6) is 0 Å². The Morgan fingerprint density at radius 2 is 1.57 bits per heavy atom. The summed E-state index contributed by atoms with van der Waals surface area (Å²) in [7, 11) is -5.64. The number of aliphatic hydroxyl groups is 2. The Hall–Kier alpha value is -0.240. The topological polar surface area (TPSA) is 77.8 Å². The van der Waals surface area contributed by atoms with Crippen molar-refractivity contribution in [2.75, 3.05) is 6.61 Å². The second-order valence-electron chi connectivity index (χ2n) is 2.09. The maximum atomic E-state index is 11.2. The molecule has 0 aromatic rings. The zero-order valence-corrected chi connectivity index (χ0v) is 7.47. The minimum Gasteiger partial charge on any atom is -0.394 e. The van der Waals surface area contributed by atoms with E-state index < -0.39 is 33.3 Å². The Labute approximate surface area is 75.7 Å². The molecule has 0 radical (unpaired) electrons. The van der Waals surface area contributed by atoms with Crippen LogP contribution in [0.1, 0.15) is 6.42 Å². The van der Waals surface area contributed by atoms with Crippen LogP contribution in [-0.4, -0.2) is 34.0 Å². The minimum absolute atomic E-state index is 0.848. The molecule has 0 fully saturated rings. The zero-order chi connectivity index (χ0) is 12.0. The molecule has 0 spiro atoms. The molecule has 14 heavy (non-hydrogen) atoms. The summed E-state index contributed by atoms with van der Waals surface area (Å²) in [5.41, 5.74) is 0. The van der Waals surface area contributed by atoms with Crippen molar-refractivity contribution < 1.29 is 41.2 Å². The Kier molecular flexibility index (Phi) is 7.27. The second-order valence-corrected chi connectivity index (χ2v) is 2.96. The predicted octanol–water partition coefficient (Wildman–Crippen LogP) is 1.32. The van der Waals surface area contributed by atoms with Crippen LogP contribution in [0.25, 0.3) is 0 Å². The molecule has 0 heterocycles. The number of halogens is 5. The largest absolute Gasteiger partial charge is 0.549 e. The lowest BCUT2D eigenvalue weighted by molar-refractivity contribution is -0.157. The number of alkyl halides is 3. The van der Waals surface area contributed by atoms with Gasteiger partial charge in [0.15, 0.2) is 0 Å². The zero-order valence-electron chi connectivity index (χ0n) is 6.58. The SMILES string of the molecule is O=P(O)(F)F.OCC(O)CC(F)(F)F. The highest BCUT2D eigenvalue weighted by Gasteiger charge is 2.30. The van der Waals surface area contributed by atoms with Crippen LogP contribution in [0, 0.1) is 0 Å². The van der Waals surface area contributed by atoms with Crippen LogP contribution >= 0.6 is 7.99 Å². The van der Waals surface area contributed by atoms with Gasteiger partial charge >= 0.3 is 14.2 Å². The van der Waals surface area contributed by atoms with Crippen molar-refractivity contribution in [2.24, 2.45) is 0 Å². The average Bonchev–Trinajstić information content (AvgIpc) is 1.79. The number of aliphatic hydroxyl groups excluding tert-OH is 2. The molecule has 0 aromatic heterocycles. The van der Waals surface area contributed by atoms with Gasteiger partial charge in [-0.1, -0.05) is 0 Å². The van der Waals surface area contributed by atoms with Crippen LogP contribution in [0.4, 0.5) is 21.6 Å². The maximum Gasteiger partial charge on any atom is 0.549 e. The molecule has 0 saturated carbocycles. The number of hydrogen-bond donors (Lipinski definition) is 3. The molecule has 1 atom stereocenters. The van der Waals surface area contributed by atoms with Gasteiger partial charge in [-0.2, -0.15) is 13.2 Å². The molecule has 0 rings (SSSR count). The smallest absolute Gasteiger partial charge is 0.394 e. The van der Waals surface area contributed by atoms with Gasteiger partial charge in [0.25, 0.3) is 0 Å². The first-order valence-corrected chi connectivity index (χ1v) is 4.47. The van der Waals surface area contributed by atoms with E-state index in [9.17, 15) is 21.6 Å². The van der Waals surface area contributed by atoms with Gasteiger partial charge in [-0.05, 0) is 0 Å². The van der Waals surface area contributed by atoms with Crippen molar-refractivity contribution in [3.63, 3.8) is 0 Å². The normalized spacial score (nSPS) is 14.3. The molecule has 0 saturated heterocycles. The fraction of sp³-hybridized carbons (Fsp3) is 1.00. The molecule has 10 heteroatoms. The summed E-state index contributed by atoms with van der Waals surface area (Å²) >= 11 is 0. The standard InChI is InChI=1S/C4H7F3O2.F2HO2P/c5-4(6,7)1-3(9)2-8;1-5(2,3)4/h3,8-9H,1-2H2;(H,3,4). The predicted molar refractivity (Wildman–Crippen MR) is 35.8 cm³/mol. The summed E-state index contributed by atoms with van der Waals surface area (Å²) in [6.07, 6.45) is -7.41.